The molecule has 0 saturated heterocycles. The molecule has 212 valence electrons. The summed E-state index contributed by atoms with van der Waals surface area (Å²) in [6.07, 6.45) is 1.97. The molecule has 7 nitrogen and oxygen atoms in total. The first-order chi connectivity index (χ1) is 19.7. The molecule has 1 N–H and O–H groups in total. The van der Waals surface area contributed by atoms with Gasteiger partial charge in [-0.15, -0.1) is 0 Å². The molecule has 0 aliphatic carbocycles. The van der Waals surface area contributed by atoms with Crippen LogP contribution in [0.4, 0.5) is 0 Å². The topological polar surface area (TPSA) is 88.1 Å². The number of amides is 1. The fourth-order valence-corrected chi connectivity index (χ4v) is 6.49. The van der Waals surface area contributed by atoms with E-state index in [9.17, 15) is 13.2 Å². The van der Waals surface area contributed by atoms with Crippen molar-refractivity contribution in [3.8, 4) is 5.75 Å². The minimum Gasteiger partial charge on any atom is -0.489 e. The van der Waals surface area contributed by atoms with Crippen molar-refractivity contribution in [3.05, 3.63) is 130 Å². The number of nitrogens with zero attached hydrogens (tertiary/aromatic N) is 2. The third-order valence-electron chi connectivity index (χ3n) is 6.52. The van der Waals surface area contributed by atoms with E-state index in [-0.39, 0.29) is 18.0 Å². The number of nitrogens with one attached hydrogen (secondary N) is 1. The van der Waals surface area contributed by atoms with Gasteiger partial charge in [0.25, 0.3) is 5.91 Å². The number of hydrogen-bond acceptors (Lipinski definition) is 5. The van der Waals surface area contributed by atoms with Gasteiger partial charge in [0.1, 0.15) is 12.4 Å². The Balaban J connectivity index is 1.45. The molecule has 4 rings (SSSR count). The smallest absolute Gasteiger partial charge is 0.255 e. The van der Waals surface area contributed by atoms with Crippen LogP contribution in [0.5, 0.6) is 5.75 Å². The third kappa shape index (κ3) is 8.36. The molecule has 8 heteroatoms. The average Bonchev–Trinajstić information content (AvgIpc) is 2.94. The first kappa shape index (κ1) is 29.7. The van der Waals surface area contributed by atoms with E-state index >= 15 is 0 Å². The van der Waals surface area contributed by atoms with Crippen molar-refractivity contribution in [1.29, 1.82) is 0 Å². The zero-order valence-corrected chi connectivity index (χ0v) is 24.4. The molecule has 4 aromatic carbocycles. The van der Waals surface area contributed by atoms with E-state index in [0.29, 0.717) is 29.9 Å². The molecule has 0 fully saturated rings. The van der Waals surface area contributed by atoms with Crippen molar-refractivity contribution in [2.45, 2.75) is 38.7 Å². The molecular weight excluding hydrogens is 534 g/mol. The van der Waals surface area contributed by atoms with Crippen LogP contribution in [0.2, 0.25) is 0 Å². The van der Waals surface area contributed by atoms with Crippen LogP contribution in [-0.2, 0) is 27.8 Å². The molecule has 0 radical (unpaired) electrons. The van der Waals surface area contributed by atoms with E-state index in [1.54, 1.807) is 13.8 Å². The predicted molar refractivity (Wildman–Crippen MR) is 163 cm³/mol. The first-order valence-electron chi connectivity index (χ1n) is 13.4. The standard InChI is InChI=1S/C33H35N3O4S/c1-25-19-26(2)33(27(3)20-25)41(38,39)36(18-17-28-11-6-4-7-12-28)23-32(37)35-34-22-30-15-10-16-31(21-30)40-24-29-13-8-5-9-14-29/h4-16,19-22H,17-18,23-24H2,1-3H3,(H,35,37)/b34-22+. The Morgan fingerprint density at radius 1 is 0.854 bits per heavy atom. The van der Waals surface area contributed by atoms with E-state index in [1.807, 2.05) is 104 Å². The van der Waals surface area contributed by atoms with Crippen LogP contribution >= 0.6 is 0 Å². The minimum atomic E-state index is -3.95. The second-order valence-corrected chi connectivity index (χ2v) is 11.8. The van der Waals surface area contributed by atoms with E-state index in [2.05, 4.69) is 10.5 Å². The Bertz CT molecular complexity index is 1580. The molecule has 4 aromatic rings. The van der Waals surface area contributed by atoms with Crippen LogP contribution in [0.25, 0.3) is 0 Å². The van der Waals surface area contributed by atoms with Crippen molar-refractivity contribution in [1.82, 2.24) is 9.73 Å². The third-order valence-corrected chi connectivity index (χ3v) is 8.68. The molecule has 0 heterocycles. The zero-order chi connectivity index (χ0) is 29.2. The lowest BCUT2D eigenvalue weighted by Crippen LogP contribution is -2.41. The summed E-state index contributed by atoms with van der Waals surface area (Å²) in [5.41, 5.74) is 7.54. The molecule has 0 aromatic heterocycles. The fraction of sp³-hybridized carbons (Fsp3) is 0.212. The van der Waals surface area contributed by atoms with Gasteiger partial charge in [-0.05, 0) is 67.1 Å². The van der Waals surface area contributed by atoms with Gasteiger partial charge in [-0.2, -0.15) is 9.41 Å². The summed E-state index contributed by atoms with van der Waals surface area (Å²) in [7, 11) is -3.95. The van der Waals surface area contributed by atoms with Crippen molar-refractivity contribution >= 4 is 22.1 Å². The van der Waals surface area contributed by atoms with Crippen molar-refractivity contribution < 1.29 is 17.9 Å². The van der Waals surface area contributed by atoms with E-state index in [0.717, 1.165) is 22.3 Å². The van der Waals surface area contributed by atoms with E-state index in [1.165, 1.54) is 10.5 Å². The van der Waals surface area contributed by atoms with Gasteiger partial charge in [-0.1, -0.05) is 90.5 Å². The maximum atomic E-state index is 13.8. The summed E-state index contributed by atoms with van der Waals surface area (Å²) in [6.45, 7) is 5.72. The Kier molecular flexibility index (Phi) is 10.1. The number of hydrazone groups is 1. The Morgan fingerprint density at radius 2 is 1.49 bits per heavy atom. The van der Waals surface area contributed by atoms with Gasteiger partial charge in [-0.3, -0.25) is 4.79 Å². The van der Waals surface area contributed by atoms with Gasteiger partial charge in [0.2, 0.25) is 10.0 Å². The summed E-state index contributed by atoms with van der Waals surface area (Å²) >= 11 is 0. The highest BCUT2D eigenvalue weighted by Crippen LogP contribution is 2.25. The zero-order valence-electron chi connectivity index (χ0n) is 23.6. The molecule has 1 amide bonds. The summed E-state index contributed by atoms with van der Waals surface area (Å²) in [5, 5.41) is 4.07. The number of carbonyl (C=O) groups excluding carboxylic acids is 1. The van der Waals surface area contributed by atoms with Crippen molar-refractivity contribution in [2.24, 2.45) is 5.10 Å². The Hall–Kier alpha value is -4.27. The highest BCUT2D eigenvalue weighted by atomic mass is 32.2. The molecule has 0 unspecified atom stereocenters. The van der Waals surface area contributed by atoms with Gasteiger partial charge in [-0.25, -0.2) is 13.8 Å². The number of ether oxygens (including phenoxy) is 1. The lowest BCUT2D eigenvalue weighted by Gasteiger charge is -2.24. The van der Waals surface area contributed by atoms with Crippen LogP contribution in [0, 0.1) is 20.8 Å². The Morgan fingerprint density at radius 3 is 2.15 bits per heavy atom. The molecular formula is C33H35N3O4S. The van der Waals surface area contributed by atoms with Gasteiger partial charge in [0.15, 0.2) is 0 Å². The number of rotatable bonds is 12. The summed E-state index contributed by atoms with van der Waals surface area (Å²) in [6, 6.07) is 30.5. The first-order valence-corrected chi connectivity index (χ1v) is 14.9. The summed E-state index contributed by atoms with van der Waals surface area (Å²) < 4.78 is 34.8. The van der Waals surface area contributed by atoms with Crippen LogP contribution in [0.15, 0.2) is 107 Å². The molecule has 0 spiro atoms. The molecule has 0 atom stereocenters. The average molecular weight is 570 g/mol. The summed E-state index contributed by atoms with van der Waals surface area (Å²) in [4.78, 5) is 13.2. The molecule has 0 aliphatic rings. The van der Waals surface area contributed by atoms with Crippen LogP contribution in [0.3, 0.4) is 0 Å². The molecule has 0 saturated carbocycles. The highest BCUT2D eigenvalue weighted by molar-refractivity contribution is 7.89. The lowest BCUT2D eigenvalue weighted by atomic mass is 10.1. The van der Waals surface area contributed by atoms with E-state index in [4.69, 9.17) is 4.74 Å². The monoisotopic (exact) mass is 569 g/mol. The van der Waals surface area contributed by atoms with Gasteiger partial charge in [0, 0.05) is 6.54 Å². The SMILES string of the molecule is Cc1cc(C)c(S(=O)(=O)N(CCc2ccccc2)CC(=O)N/N=C/c2cccc(OCc3ccccc3)c2)c(C)c1. The second-order valence-electron chi connectivity index (χ2n) is 9.94. The highest BCUT2D eigenvalue weighted by Gasteiger charge is 2.29. The minimum absolute atomic E-state index is 0.150. The number of aryl methyl sites for hydroxylation is 3. The van der Waals surface area contributed by atoms with E-state index < -0.39 is 15.9 Å². The normalized spacial score (nSPS) is 11.6. The largest absolute Gasteiger partial charge is 0.489 e. The Labute approximate surface area is 242 Å². The van der Waals surface area contributed by atoms with Gasteiger partial charge >= 0.3 is 0 Å². The second kappa shape index (κ2) is 13.9. The quantitative estimate of drug-likeness (QED) is 0.178. The molecule has 0 bridgehead atoms. The van der Waals surface area contributed by atoms with Crippen molar-refractivity contribution in [2.75, 3.05) is 13.1 Å². The number of carbonyl (C=O) groups is 1. The van der Waals surface area contributed by atoms with Crippen LogP contribution in [-0.4, -0.2) is 37.9 Å². The fourth-order valence-electron chi connectivity index (χ4n) is 4.69. The number of hydrogen-bond donors (Lipinski definition) is 1. The molecule has 41 heavy (non-hydrogen) atoms. The maximum absolute atomic E-state index is 13.8. The van der Waals surface area contributed by atoms with Crippen LogP contribution < -0.4 is 10.2 Å². The number of sulfonamides is 1. The van der Waals surface area contributed by atoms with Gasteiger partial charge in [0.05, 0.1) is 17.7 Å². The predicted octanol–water partition coefficient (Wildman–Crippen LogP) is 5.57. The summed E-state index contributed by atoms with van der Waals surface area (Å²) in [5.74, 6) is 0.142. The van der Waals surface area contributed by atoms with Crippen molar-refractivity contribution in [3.63, 3.8) is 0 Å². The van der Waals surface area contributed by atoms with Gasteiger partial charge < -0.3 is 4.74 Å². The lowest BCUT2D eigenvalue weighted by molar-refractivity contribution is -0.121. The molecule has 0 aliphatic heterocycles. The maximum Gasteiger partial charge on any atom is 0.255 e. The van der Waals surface area contributed by atoms with Crippen LogP contribution in [0.1, 0.15) is 33.4 Å². The number of benzene rings is 4.